The molecule has 0 aromatic carbocycles. The highest BCUT2D eigenvalue weighted by atomic mass is 19.4. The Morgan fingerprint density at radius 2 is 2.07 bits per heavy atom. The van der Waals surface area contributed by atoms with Crippen LogP contribution in [0.3, 0.4) is 0 Å². The summed E-state index contributed by atoms with van der Waals surface area (Å²) < 4.78 is 36.8. The van der Waals surface area contributed by atoms with Gasteiger partial charge in [-0.2, -0.15) is 13.2 Å². The van der Waals surface area contributed by atoms with Crippen molar-refractivity contribution in [2.45, 2.75) is 19.5 Å². The van der Waals surface area contributed by atoms with Crippen LogP contribution in [0, 0.1) is 0 Å². The summed E-state index contributed by atoms with van der Waals surface area (Å²) in [6.45, 7) is 4.92. The van der Waals surface area contributed by atoms with Crippen LogP contribution in [0.2, 0.25) is 0 Å². The molecule has 3 heteroatoms. The fraction of sp³-hybridized carbons (Fsp3) is 0.273. The Morgan fingerprint density at radius 3 is 2.64 bits per heavy atom. The van der Waals surface area contributed by atoms with Crippen LogP contribution in [0.15, 0.2) is 47.6 Å². The van der Waals surface area contributed by atoms with Crippen molar-refractivity contribution < 1.29 is 13.2 Å². The fourth-order valence-corrected chi connectivity index (χ4v) is 1.11. The monoisotopic (exact) mass is 200 g/mol. The zero-order chi connectivity index (χ0) is 10.8. The molecule has 0 aromatic heterocycles. The first-order valence-corrected chi connectivity index (χ1v) is 4.21. The topological polar surface area (TPSA) is 0 Å². The van der Waals surface area contributed by atoms with Gasteiger partial charge in [0.1, 0.15) is 0 Å². The van der Waals surface area contributed by atoms with Crippen LogP contribution < -0.4 is 0 Å². The smallest absolute Gasteiger partial charge is 0.166 e. The third-order valence-electron chi connectivity index (χ3n) is 1.99. The molecule has 0 N–H and O–H groups in total. The van der Waals surface area contributed by atoms with Gasteiger partial charge in [0.2, 0.25) is 0 Å². The van der Waals surface area contributed by atoms with E-state index in [4.69, 9.17) is 0 Å². The molecule has 0 bridgehead atoms. The molecule has 0 spiro atoms. The van der Waals surface area contributed by atoms with E-state index < -0.39 is 11.7 Å². The molecule has 1 rings (SSSR count). The van der Waals surface area contributed by atoms with Crippen LogP contribution in [0.25, 0.3) is 0 Å². The first kappa shape index (κ1) is 10.8. The molecule has 0 aliphatic heterocycles. The van der Waals surface area contributed by atoms with E-state index in [9.17, 15) is 13.2 Å². The standard InChI is InChI=1S/C11H11F3/c1-8-4-3-5-10(7-6-8)9(2)11(12,13)14/h3-5,7H,2,6H2,1H3. The highest BCUT2D eigenvalue weighted by Crippen LogP contribution is 2.31. The van der Waals surface area contributed by atoms with E-state index in [0.717, 1.165) is 5.57 Å². The molecule has 14 heavy (non-hydrogen) atoms. The quantitative estimate of drug-likeness (QED) is 0.601. The van der Waals surface area contributed by atoms with Crippen molar-refractivity contribution in [3.63, 3.8) is 0 Å². The number of rotatable bonds is 1. The largest absolute Gasteiger partial charge is 0.416 e. The normalized spacial score (nSPS) is 17.1. The fourth-order valence-electron chi connectivity index (χ4n) is 1.11. The molecule has 0 nitrogen and oxygen atoms in total. The van der Waals surface area contributed by atoms with E-state index in [-0.39, 0.29) is 5.57 Å². The summed E-state index contributed by atoms with van der Waals surface area (Å²) in [7, 11) is 0. The Kier molecular flexibility index (Phi) is 2.99. The molecule has 0 atom stereocenters. The minimum Gasteiger partial charge on any atom is -0.166 e. The van der Waals surface area contributed by atoms with Gasteiger partial charge in [-0.05, 0) is 18.9 Å². The molecular formula is C11H11F3. The number of halogens is 3. The van der Waals surface area contributed by atoms with Gasteiger partial charge in [0.15, 0.2) is 0 Å². The third kappa shape index (κ3) is 2.62. The lowest BCUT2D eigenvalue weighted by Gasteiger charge is -2.10. The predicted octanol–water partition coefficient (Wildman–Crippen LogP) is 3.94. The summed E-state index contributed by atoms with van der Waals surface area (Å²) in [4.78, 5) is 0. The van der Waals surface area contributed by atoms with Crippen LogP contribution in [0.5, 0.6) is 0 Å². The summed E-state index contributed by atoms with van der Waals surface area (Å²) in [5, 5.41) is 0. The molecule has 0 radical (unpaired) electrons. The third-order valence-corrected chi connectivity index (χ3v) is 1.99. The van der Waals surface area contributed by atoms with Crippen molar-refractivity contribution >= 4 is 0 Å². The minimum absolute atomic E-state index is 0.158. The average Bonchev–Trinajstić information content (AvgIpc) is 2.27. The molecular weight excluding hydrogens is 189 g/mol. The second-order valence-corrected chi connectivity index (χ2v) is 3.21. The van der Waals surface area contributed by atoms with Crippen molar-refractivity contribution in [1.82, 2.24) is 0 Å². The predicted molar refractivity (Wildman–Crippen MR) is 50.8 cm³/mol. The van der Waals surface area contributed by atoms with E-state index in [1.165, 1.54) is 6.08 Å². The van der Waals surface area contributed by atoms with E-state index in [1.807, 2.05) is 6.92 Å². The first-order valence-electron chi connectivity index (χ1n) is 4.21. The van der Waals surface area contributed by atoms with Crippen molar-refractivity contribution in [2.24, 2.45) is 0 Å². The zero-order valence-electron chi connectivity index (χ0n) is 7.86. The van der Waals surface area contributed by atoms with Crippen LogP contribution in [-0.2, 0) is 0 Å². The van der Waals surface area contributed by atoms with E-state index in [2.05, 4.69) is 6.58 Å². The average molecular weight is 200 g/mol. The Labute approximate surface area is 81.1 Å². The first-order chi connectivity index (χ1) is 6.41. The lowest BCUT2D eigenvalue weighted by atomic mass is 10.1. The van der Waals surface area contributed by atoms with Crippen LogP contribution in [0.4, 0.5) is 13.2 Å². The highest BCUT2D eigenvalue weighted by Gasteiger charge is 2.33. The Hall–Kier alpha value is -1.25. The summed E-state index contributed by atoms with van der Waals surface area (Å²) >= 11 is 0. The maximum atomic E-state index is 12.3. The van der Waals surface area contributed by atoms with Gasteiger partial charge >= 0.3 is 6.18 Å². The molecule has 1 aliphatic carbocycles. The van der Waals surface area contributed by atoms with Gasteiger partial charge in [0.25, 0.3) is 0 Å². The Bertz CT molecular complexity index is 327. The van der Waals surface area contributed by atoms with Gasteiger partial charge in [0.05, 0.1) is 5.57 Å². The SMILES string of the molecule is C=C(C1=CCC(C)=CC=C1)C(F)(F)F. The lowest BCUT2D eigenvalue weighted by Crippen LogP contribution is -2.11. The maximum absolute atomic E-state index is 12.3. The van der Waals surface area contributed by atoms with Gasteiger partial charge in [-0.15, -0.1) is 0 Å². The number of alkyl halides is 3. The van der Waals surface area contributed by atoms with Crippen LogP contribution >= 0.6 is 0 Å². The number of allylic oxidation sites excluding steroid dienone is 7. The zero-order valence-corrected chi connectivity index (χ0v) is 7.86. The Balaban J connectivity index is 2.87. The molecule has 1 aliphatic rings. The maximum Gasteiger partial charge on any atom is 0.416 e. The molecule has 0 aromatic rings. The van der Waals surface area contributed by atoms with Gasteiger partial charge in [-0.1, -0.05) is 36.5 Å². The van der Waals surface area contributed by atoms with Gasteiger partial charge in [-0.3, -0.25) is 0 Å². The second kappa shape index (κ2) is 3.86. The summed E-state index contributed by atoms with van der Waals surface area (Å²) in [5.41, 5.74) is 0.411. The summed E-state index contributed by atoms with van der Waals surface area (Å²) in [6.07, 6.45) is 2.60. The molecule has 0 heterocycles. The van der Waals surface area contributed by atoms with E-state index in [1.54, 1.807) is 18.2 Å². The van der Waals surface area contributed by atoms with E-state index >= 15 is 0 Å². The van der Waals surface area contributed by atoms with Crippen molar-refractivity contribution in [2.75, 3.05) is 0 Å². The number of hydrogen-bond acceptors (Lipinski definition) is 0. The van der Waals surface area contributed by atoms with Gasteiger partial charge in [-0.25, -0.2) is 0 Å². The van der Waals surface area contributed by atoms with Crippen LogP contribution in [0.1, 0.15) is 13.3 Å². The van der Waals surface area contributed by atoms with Gasteiger partial charge < -0.3 is 0 Å². The van der Waals surface area contributed by atoms with Crippen molar-refractivity contribution in [1.29, 1.82) is 0 Å². The molecule has 0 amide bonds. The van der Waals surface area contributed by atoms with Gasteiger partial charge in [0, 0.05) is 0 Å². The van der Waals surface area contributed by atoms with Crippen LogP contribution in [-0.4, -0.2) is 6.18 Å². The molecule has 76 valence electrons. The molecule has 0 unspecified atom stereocenters. The number of hydrogen-bond donors (Lipinski definition) is 0. The Morgan fingerprint density at radius 1 is 1.43 bits per heavy atom. The molecule has 0 saturated heterocycles. The van der Waals surface area contributed by atoms with E-state index in [0.29, 0.717) is 6.42 Å². The second-order valence-electron chi connectivity index (χ2n) is 3.21. The van der Waals surface area contributed by atoms with Crippen molar-refractivity contribution in [3.05, 3.63) is 47.6 Å². The summed E-state index contributed by atoms with van der Waals surface area (Å²) in [5.74, 6) is 0. The highest BCUT2D eigenvalue weighted by molar-refractivity contribution is 5.44. The minimum atomic E-state index is -4.34. The summed E-state index contributed by atoms with van der Waals surface area (Å²) in [6, 6.07) is 0. The molecule has 0 fully saturated rings. The van der Waals surface area contributed by atoms with Crippen molar-refractivity contribution in [3.8, 4) is 0 Å². The molecule has 0 saturated carbocycles. The lowest BCUT2D eigenvalue weighted by molar-refractivity contribution is -0.0886.